The molecular weight excluding hydrogens is 174 g/mol. The molecule has 2 heterocycles. The van der Waals surface area contributed by atoms with Gasteiger partial charge in [-0.1, -0.05) is 0 Å². The summed E-state index contributed by atoms with van der Waals surface area (Å²) in [5.41, 5.74) is 0. The van der Waals surface area contributed by atoms with Crippen LogP contribution >= 0.6 is 11.6 Å². The predicted octanol–water partition coefficient (Wildman–Crippen LogP) is 1.15. The molecule has 0 bridgehead atoms. The van der Waals surface area contributed by atoms with Crippen LogP contribution in [0.3, 0.4) is 0 Å². The van der Waals surface area contributed by atoms with Crippen molar-refractivity contribution in [2.75, 3.05) is 13.1 Å². The van der Waals surface area contributed by atoms with Crippen LogP contribution in [0.4, 0.5) is 0 Å². The van der Waals surface area contributed by atoms with Crippen molar-refractivity contribution in [3.05, 3.63) is 17.7 Å². The minimum Gasteiger partial charge on any atom is -0.321 e. The largest absolute Gasteiger partial charge is 0.321 e. The smallest absolute Gasteiger partial charge is 0.202 e. The molecule has 0 spiro atoms. The van der Waals surface area contributed by atoms with Gasteiger partial charge in [0, 0.05) is 18.9 Å². The SMILES string of the molecule is Clc1nccn1CC1CCNC1. The van der Waals surface area contributed by atoms with E-state index in [0.717, 1.165) is 25.6 Å². The Bertz CT molecular complexity index is 253. The number of aromatic nitrogens is 2. The van der Waals surface area contributed by atoms with Gasteiger partial charge in [-0.05, 0) is 37.0 Å². The van der Waals surface area contributed by atoms with Gasteiger partial charge in [0.2, 0.25) is 5.28 Å². The van der Waals surface area contributed by atoms with Gasteiger partial charge in [-0.25, -0.2) is 4.98 Å². The highest BCUT2D eigenvalue weighted by Crippen LogP contribution is 2.13. The van der Waals surface area contributed by atoms with Gasteiger partial charge in [0.1, 0.15) is 0 Å². The molecule has 0 aromatic carbocycles. The molecule has 2 rings (SSSR count). The highest BCUT2D eigenvalue weighted by atomic mass is 35.5. The molecule has 1 aromatic heterocycles. The average Bonchev–Trinajstić information content (AvgIpc) is 2.65. The minimum absolute atomic E-state index is 0.599. The maximum Gasteiger partial charge on any atom is 0.202 e. The molecule has 1 aromatic rings. The van der Waals surface area contributed by atoms with Crippen LogP contribution in [0.1, 0.15) is 6.42 Å². The van der Waals surface area contributed by atoms with Crippen LogP contribution in [0.2, 0.25) is 5.28 Å². The van der Waals surface area contributed by atoms with Crippen molar-refractivity contribution in [1.82, 2.24) is 14.9 Å². The molecule has 1 aliphatic heterocycles. The van der Waals surface area contributed by atoms with Crippen molar-refractivity contribution in [3.63, 3.8) is 0 Å². The first-order chi connectivity index (χ1) is 5.86. The number of nitrogens with zero attached hydrogens (tertiary/aromatic N) is 2. The van der Waals surface area contributed by atoms with E-state index in [1.165, 1.54) is 6.42 Å². The Kier molecular flexibility index (Phi) is 2.33. The van der Waals surface area contributed by atoms with Crippen molar-refractivity contribution >= 4 is 11.6 Å². The quantitative estimate of drug-likeness (QED) is 0.749. The Morgan fingerprint density at radius 1 is 1.75 bits per heavy atom. The summed E-state index contributed by atoms with van der Waals surface area (Å²) in [5, 5.41) is 3.93. The Morgan fingerprint density at radius 3 is 3.25 bits per heavy atom. The van der Waals surface area contributed by atoms with E-state index in [-0.39, 0.29) is 0 Å². The molecule has 0 amide bonds. The molecule has 0 radical (unpaired) electrons. The predicted molar refractivity (Wildman–Crippen MR) is 48.2 cm³/mol. The summed E-state index contributed by atoms with van der Waals surface area (Å²) in [7, 11) is 0. The molecule has 0 saturated carbocycles. The van der Waals surface area contributed by atoms with E-state index >= 15 is 0 Å². The van der Waals surface area contributed by atoms with Crippen LogP contribution in [0.5, 0.6) is 0 Å². The summed E-state index contributed by atoms with van der Waals surface area (Å²) >= 11 is 5.85. The second-order valence-electron chi connectivity index (χ2n) is 3.21. The third-order valence-electron chi connectivity index (χ3n) is 2.28. The first-order valence-corrected chi connectivity index (χ1v) is 4.61. The standard InChI is InChI=1S/C8H12ClN3/c9-8-11-3-4-12(8)6-7-1-2-10-5-7/h3-4,7,10H,1-2,5-6H2. The van der Waals surface area contributed by atoms with Gasteiger partial charge in [0.25, 0.3) is 0 Å². The highest BCUT2D eigenvalue weighted by Gasteiger charge is 2.15. The van der Waals surface area contributed by atoms with Gasteiger partial charge in [-0.3, -0.25) is 0 Å². The minimum atomic E-state index is 0.599. The number of halogens is 1. The number of nitrogens with one attached hydrogen (secondary N) is 1. The number of imidazole rings is 1. The second kappa shape index (κ2) is 3.46. The maximum absolute atomic E-state index is 5.85. The van der Waals surface area contributed by atoms with E-state index in [4.69, 9.17) is 11.6 Å². The Balaban J connectivity index is 1.98. The fourth-order valence-corrected chi connectivity index (χ4v) is 1.78. The molecule has 1 aliphatic rings. The molecule has 1 N–H and O–H groups in total. The zero-order valence-electron chi connectivity index (χ0n) is 6.83. The molecule has 66 valence electrons. The molecule has 0 aliphatic carbocycles. The number of hydrogen-bond donors (Lipinski definition) is 1. The van der Waals surface area contributed by atoms with E-state index in [9.17, 15) is 0 Å². The number of rotatable bonds is 2. The lowest BCUT2D eigenvalue weighted by atomic mass is 10.1. The molecule has 1 atom stereocenters. The normalized spacial score (nSPS) is 23.2. The van der Waals surface area contributed by atoms with E-state index in [2.05, 4.69) is 10.3 Å². The third kappa shape index (κ3) is 1.62. The molecule has 12 heavy (non-hydrogen) atoms. The first kappa shape index (κ1) is 8.08. The molecule has 1 fully saturated rings. The summed E-state index contributed by atoms with van der Waals surface area (Å²) in [5.74, 6) is 0.719. The van der Waals surface area contributed by atoms with Crippen LogP contribution in [-0.2, 0) is 6.54 Å². The molecular formula is C8H12ClN3. The van der Waals surface area contributed by atoms with Crippen molar-refractivity contribution in [2.45, 2.75) is 13.0 Å². The van der Waals surface area contributed by atoms with Crippen LogP contribution in [0.15, 0.2) is 12.4 Å². The fourth-order valence-electron chi connectivity index (χ4n) is 1.60. The van der Waals surface area contributed by atoms with Crippen LogP contribution in [0.25, 0.3) is 0 Å². The summed E-state index contributed by atoms with van der Waals surface area (Å²) in [6.07, 6.45) is 4.92. The van der Waals surface area contributed by atoms with Crippen LogP contribution in [-0.4, -0.2) is 22.6 Å². The summed E-state index contributed by atoms with van der Waals surface area (Å²) < 4.78 is 2.00. The van der Waals surface area contributed by atoms with Crippen molar-refractivity contribution < 1.29 is 0 Å². The molecule has 4 heteroatoms. The van der Waals surface area contributed by atoms with E-state index in [1.54, 1.807) is 6.20 Å². The van der Waals surface area contributed by atoms with Crippen molar-refractivity contribution in [1.29, 1.82) is 0 Å². The van der Waals surface area contributed by atoms with Crippen molar-refractivity contribution in [3.8, 4) is 0 Å². The van der Waals surface area contributed by atoms with Gasteiger partial charge in [-0.15, -0.1) is 0 Å². The van der Waals surface area contributed by atoms with E-state index in [0.29, 0.717) is 5.28 Å². The van der Waals surface area contributed by atoms with Gasteiger partial charge in [-0.2, -0.15) is 0 Å². The molecule has 3 nitrogen and oxygen atoms in total. The second-order valence-corrected chi connectivity index (χ2v) is 3.55. The highest BCUT2D eigenvalue weighted by molar-refractivity contribution is 6.28. The van der Waals surface area contributed by atoms with Crippen LogP contribution < -0.4 is 5.32 Å². The topological polar surface area (TPSA) is 29.9 Å². The monoisotopic (exact) mass is 185 g/mol. The van der Waals surface area contributed by atoms with Gasteiger partial charge in [0.15, 0.2) is 0 Å². The lowest BCUT2D eigenvalue weighted by Gasteiger charge is -2.09. The Morgan fingerprint density at radius 2 is 2.67 bits per heavy atom. The van der Waals surface area contributed by atoms with E-state index in [1.807, 2.05) is 10.8 Å². The Labute approximate surface area is 76.7 Å². The summed E-state index contributed by atoms with van der Waals surface area (Å²) in [4.78, 5) is 3.97. The van der Waals surface area contributed by atoms with Crippen LogP contribution in [0, 0.1) is 5.92 Å². The number of hydrogen-bond acceptors (Lipinski definition) is 2. The summed E-state index contributed by atoms with van der Waals surface area (Å²) in [6, 6.07) is 0. The zero-order chi connectivity index (χ0) is 8.39. The van der Waals surface area contributed by atoms with Gasteiger partial charge < -0.3 is 9.88 Å². The average molecular weight is 186 g/mol. The third-order valence-corrected chi connectivity index (χ3v) is 2.60. The van der Waals surface area contributed by atoms with Gasteiger partial charge in [0.05, 0.1) is 0 Å². The lowest BCUT2D eigenvalue weighted by Crippen LogP contribution is -2.14. The molecule has 1 saturated heterocycles. The Hall–Kier alpha value is -0.540. The van der Waals surface area contributed by atoms with E-state index < -0.39 is 0 Å². The lowest BCUT2D eigenvalue weighted by molar-refractivity contribution is 0.482. The molecule has 1 unspecified atom stereocenters. The van der Waals surface area contributed by atoms with Gasteiger partial charge >= 0.3 is 0 Å². The van der Waals surface area contributed by atoms with Crippen molar-refractivity contribution in [2.24, 2.45) is 5.92 Å². The fraction of sp³-hybridized carbons (Fsp3) is 0.625. The zero-order valence-corrected chi connectivity index (χ0v) is 7.59. The first-order valence-electron chi connectivity index (χ1n) is 4.23. The summed E-state index contributed by atoms with van der Waals surface area (Å²) in [6.45, 7) is 3.23. The maximum atomic E-state index is 5.85.